The van der Waals surface area contributed by atoms with Gasteiger partial charge in [-0.1, -0.05) is 60.0 Å². The molecule has 0 radical (unpaired) electrons. The van der Waals surface area contributed by atoms with Gasteiger partial charge in [-0.3, -0.25) is 13.9 Å². The average Bonchev–Trinajstić information content (AvgIpc) is 2.89. The molecule has 0 bridgehead atoms. The average molecular weight is 633 g/mol. The molecule has 42 heavy (non-hydrogen) atoms. The first-order valence-electron chi connectivity index (χ1n) is 13.8. The Kier molecular flexibility index (Phi) is 10.7. The number of halogens is 2. The van der Waals surface area contributed by atoms with Crippen LogP contribution in [-0.2, 0) is 26.2 Å². The van der Waals surface area contributed by atoms with Gasteiger partial charge in [0, 0.05) is 27.7 Å². The van der Waals surface area contributed by atoms with Crippen molar-refractivity contribution >= 4 is 50.7 Å². The second-order valence-corrected chi connectivity index (χ2v) is 14.2. The van der Waals surface area contributed by atoms with Crippen molar-refractivity contribution in [3.8, 4) is 0 Å². The van der Waals surface area contributed by atoms with Crippen LogP contribution < -0.4 is 9.62 Å². The molecule has 0 saturated carbocycles. The molecule has 0 saturated heterocycles. The molecule has 10 heteroatoms. The molecule has 3 aromatic rings. The fourth-order valence-electron chi connectivity index (χ4n) is 4.47. The summed E-state index contributed by atoms with van der Waals surface area (Å²) in [6, 6.07) is 15.8. The Balaban J connectivity index is 2.14. The van der Waals surface area contributed by atoms with Crippen molar-refractivity contribution in [1.29, 1.82) is 0 Å². The molecular weight excluding hydrogens is 593 g/mol. The van der Waals surface area contributed by atoms with Crippen LogP contribution >= 0.6 is 23.2 Å². The number of benzene rings is 3. The van der Waals surface area contributed by atoms with E-state index in [0.29, 0.717) is 21.3 Å². The number of anilines is 1. The van der Waals surface area contributed by atoms with Crippen molar-refractivity contribution in [2.45, 2.75) is 77.9 Å². The van der Waals surface area contributed by atoms with Crippen LogP contribution in [0.3, 0.4) is 0 Å². The predicted octanol–water partition coefficient (Wildman–Crippen LogP) is 6.84. The third-order valence-corrected chi connectivity index (χ3v) is 9.44. The third kappa shape index (κ3) is 8.06. The Morgan fingerprint density at radius 2 is 1.50 bits per heavy atom. The van der Waals surface area contributed by atoms with Crippen LogP contribution in [0.2, 0.25) is 10.0 Å². The maximum atomic E-state index is 14.3. The monoisotopic (exact) mass is 631 g/mol. The molecule has 0 heterocycles. The first kappa shape index (κ1) is 33.4. The van der Waals surface area contributed by atoms with Gasteiger partial charge in [-0.05, 0) is 95.5 Å². The number of hydrogen-bond acceptors (Lipinski definition) is 4. The SMILES string of the molecule is CC[C@H](C(=O)NC(C)(C)C)N(Cc1c(Cl)cccc1Cl)C(=O)CN(c1ccc(C)c(C)c1)S(=O)(=O)c1ccc(C)cc1. The van der Waals surface area contributed by atoms with Gasteiger partial charge >= 0.3 is 0 Å². The van der Waals surface area contributed by atoms with Gasteiger partial charge in [0.2, 0.25) is 11.8 Å². The molecule has 2 amide bonds. The first-order chi connectivity index (χ1) is 19.5. The molecule has 1 atom stereocenters. The fraction of sp³-hybridized carbons (Fsp3) is 0.375. The van der Waals surface area contributed by atoms with Crippen molar-refractivity contribution in [1.82, 2.24) is 10.2 Å². The van der Waals surface area contributed by atoms with E-state index < -0.39 is 34.1 Å². The number of nitrogens with zero attached hydrogens (tertiary/aromatic N) is 2. The number of hydrogen-bond donors (Lipinski definition) is 1. The molecule has 0 aromatic heterocycles. The molecule has 3 rings (SSSR count). The summed E-state index contributed by atoms with van der Waals surface area (Å²) in [7, 11) is -4.17. The summed E-state index contributed by atoms with van der Waals surface area (Å²) >= 11 is 13.0. The molecule has 226 valence electrons. The van der Waals surface area contributed by atoms with E-state index >= 15 is 0 Å². The van der Waals surface area contributed by atoms with Crippen LogP contribution in [0, 0.1) is 20.8 Å². The quantitative estimate of drug-likeness (QED) is 0.265. The highest BCUT2D eigenvalue weighted by atomic mass is 35.5. The number of aryl methyl sites for hydroxylation is 3. The van der Waals surface area contributed by atoms with Gasteiger partial charge in [0.15, 0.2) is 0 Å². The number of sulfonamides is 1. The van der Waals surface area contributed by atoms with E-state index in [1.807, 2.05) is 47.6 Å². The second kappa shape index (κ2) is 13.5. The van der Waals surface area contributed by atoms with Gasteiger partial charge in [0.25, 0.3) is 10.0 Å². The molecule has 7 nitrogen and oxygen atoms in total. The predicted molar refractivity (Wildman–Crippen MR) is 171 cm³/mol. The number of carbonyl (C=O) groups is 2. The van der Waals surface area contributed by atoms with Crippen molar-refractivity contribution in [3.63, 3.8) is 0 Å². The van der Waals surface area contributed by atoms with E-state index in [1.165, 1.54) is 17.0 Å². The number of nitrogens with one attached hydrogen (secondary N) is 1. The van der Waals surface area contributed by atoms with E-state index in [0.717, 1.165) is 21.0 Å². The van der Waals surface area contributed by atoms with E-state index in [-0.39, 0.29) is 23.8 Å². The Bertz CT molecular complexity index is 1530. The lowest BCUT2D eigenvalue weighted by atomic mass is 10.1. The molecule has 0 unspecified atom stereocenters. The highest BCUT2D eigenvalue weighted by Gasteiger charge is 2.35. The van der Waals surface area contributed by atoms with Crippen molar-refractivity contribution in [2.75, 3.05) is 10.8 Å². The van der Waals surface area contributed by atoms with Gasteiger partial charge in [-0.25, -0.2) is 8.42 Å². The highest BCUT2D eigenvalue weighted by Crippen LogP contribution is 2.29. The van der Waals surface area contributed by atoms with Crippen LogP contribution in [0.1, 0.15) is 56.4 Å². The van der Waals surface area contributed by atoms with Crippen LogP contribution in [0.25, 0.3) is 0 Å². The highest BCUT2D eigenvalue weighted by molar-refractivity contribution is 7.92. The third-order valence-electron chi connectivity index (χ3n) is 6.94. The summed E-state index contributed by atoms with van der Waals surface area (Å²) in [5.41, 5.74) is 3.02. The lowest BCUT2D eigenvalue weighted by molar-refractivity contribution is -0.141. The van der Waals surface area contributed by atoms with Crippen molar-refractivity contribution in [3.05, 3.63) is 93.0 Å². The van der Waals surface area contributed by atoms with Gasteiger partial charge in [-0.2, -0.15) is 0 Å². The molecular formula is C32H39Cl2N3O4S. The van der Waals surface area contributed by atoms with Gasteiger partial charge < -0.3 is 10.2 Å². The zero-order valence-corrected chi connectivity index (χ0v) is 27.5. The van der Waals surface area contributed by atoms with Crippen LogP contribution in [0.4, 0.5) is 5.69 Å². The minimum atomic E-state index is -4.17. The Labute approximate surface area is 259 Å². The summed E-state index contributed by atoms with van der Waals surface area (Å²) < 4.78 is 29.2. The Morgan fingerprint density at radius 3 is 2.02 bits per heavy atom. The zero-order chi connectivity index (χ0) is 31.4. The molecule has 0 fully saturated rings. The number of rotatable bonds is 10. The summed E-state index contributed by atoms with van der Waals surface area (Å²) in [5, 5.41) is 3.63. The van der Waals surface area contributed by atoms with E-state index in [2.05, 4.69) is 5.32 Å². The Hall–Kier alpha value is -3.07. The molecule has 0 aliphatic carbocycles. The topological polar surface area (TPSA) is 86.8 Å². The summed E-state index contributed by atoms with van der Waals surface area (Å²) in [5.74, 6) is -0.934. The molecule has 0 aliphatic heterocycles. The largest absolute Gasteiger partial charge is 0.350 e. The van der Waals surface area contributed by atoms with E-state index in [4.69, 9.17) is 23.2 Å². The van der Waals surface area contributed by atoms with Crippen molar-refractivity contribution in [2.24, 2.45) is 0 Å². The normalized spacial score (nSPS) is 12.5. The van der Waals surface area contributed by atoms with Gasteiger partial charge in [0.05, 0.1) is 10.6 Å². The smallest absolute Gasteiger partial charge is 0.264 e. The summed E-state index contributed by atoms with van der Waals surface area (Å²) in [6.07, 6.45) is 0.282. The van der Waals surface area contributed by atoms with Gasteiger partial charge in [0.1, 0.15) is 12.6 Å². The maximum Gasteiger partial charge on any atom is 0.264 e. The lowest BCUT2D eigenvalue weighted by Crippen LogP contribution is -2.55. The Morgan fingerprint density at radius 1 is 0.905 bits per heavy atom. The molecule has 3 aromatic carbocycles. The standard InChI is InChI=1S/C32H39Cl2N3O4S/c1-8-29(31(39)35-32(5,6)7)36(19-26-27(33)10-9-11-28(26)34)30(38)20-37(24-15-14-22(3)23(4)18-24)42(40,41)25-16-12-21(2)13-17-25/h9-18,29H,8,19-20H2,1-7H3,(H,35,39)/t29-/m1/s1. The number of carbonyl (C=O) groups excluding carboxylic acids is 2. The second-order valence-electron chi connectivity index (χ2n) is 11.5. The fourth-order valence-corrected chi connectivity index (χ4v) is 6.40. The first-order valence-corrected chi connectivity index (χ1v) is 16.0. The minimum Gasteiger partial charge on any atom is -0.350 e. The summed E-state index contributed by atoms with van der Waals surface area (Å²) in [4.78, 5) is 29.2. The lowest BCUT2D eigenvalue weighted by Gasteiger charge is -2.35. The van der Waals surface area contributed by atoms with Gasteiger partial charge in [-0.15, -0.1) is 0 Å². The van der Waals surface area contributed by atoms with Crippen LogP contribution in [0.15, 0.2) is 65.6 Å². The molecule has 1 N–H and O–H groups in total. The van der Waals surface area contributed by atoms with E-state index in [1.54, 1.807) is 49.4 Å². The van der Waals surface area contributed by atoms with E-state index in [9.17, 15) is 18.0 Å². The molecule has 0 aliphatic rings. The summed E-state index contributed by atoms with van der Waals surface area (Å²) in [6.45, 7) is 12.4. The van der Waals surface area contributed by atoms with Crippen LogP contribution in [0.5, 0.6) is 0 Å². The minimum absolute atomic E-state index is 0.0531. The molecule has 0 spiro atoms. The van der Waals surface area contributed by atoms with Crippen LogP contribution in [-0.4, -0.2) is 43.3 Å². The van der Waals surface area contributed by atoms with Crippen molar-refractivity contribution < 1.29 is 18.0 Å². The zero-order valence-electron chi connectivity index (χ0n) is 25.2. The number of amides is 2. The maximum absolute atomic E-state index is 14.3.